The van der Waals surface area contributed by atoms with Crippen LogP contribution in [0.15, 0.2) is 24.3 Å². The Bertz CT molecular complexity index is 545. The fraction of sp³-hybridized carbons (Fsp3) is 0.571. The average Bonchev–Trinajstić information content (AvgIpc) is 2.45. The average molecular weight is 297 g/mol. The van der Waals surface area contributed by atoms with Gasteiger partial charge in [0.15, 0.2) is 0 Å². The molecule has 0 aliphatic carbocycles. The van der Waals surface area contributed by atoms with Gasteiger partial charge in [0, 0.05) is 26.2 Å². The second-order valence-electron chi connectivity index (χ2n) is 5.40. The summed E-state index contributed by atoms with van der Waals surface area (Å²) in [6.07, 6.45) is 2.03. The highest BCUT2D eigenvalue weighted by molar-refractivity contribution is 7.87. The lowest BCUT2D eigenvalue weighted by molar-refractivity contribution is 0.278. The van der Waals surface area contributed by atoms with E-state index in [1.165, 1.54) is 0 Å². The molecule has 3 N–H and O–H groups in total. The second-order valence-corrected chi connectivity index (χ2v) is 7.16. The number of nitrogens with one attached hydrogen (secondary N) is 1. The van der Waals surface area contributed by atoms with Crippen molar-refractivity contribution in [2.75, 3.05) is 13.1 Å². The standard InChI is InChI=1S/C14H23N3O2S/c1-12-5-4-8-17(11-12)20(18,19)16-10-14-7-3-2-6-13(14)9-15/h2-3,6-7,12,16H,4-5,8-11,15H2,1H3. The molecule has 0 amide bonds. The molecule has 1 fully saturated rings. The predicted molar refractivity (Wildman–Crippen MR) is 80.1 cm³/mol. The van der Waals surface area contributed by atoms with Gasteiger partial charge in [-0.3, -0.25) is 0 Å². The molecule has 1 saturated heterocycles. The van der Waals surface area contributed by atoms with E-state index in [1.807, 2.05) is 24.3 Å². The number of nitrogens with zero attached hydrogens (tertiary/aromatic N) is 1. The van der Waals surface area contributed by atoms with Crippen LogP contribution >= 0.6 is 0 Å². The summed E-state index contributed by atoms with van der Waals surface area (Å²) in [4.78, 5) is 0. The zero-order valence-corrected chi connectivity index (χ0v) is 12.7. The van der Waals surface area contributed by atoms with Crippen molar-refractivity contribution in [1.29, 1.82) is 0 Å². The Labute approximate surface area is 121 Å². The summed E-state index contributed by atoms with van der Waals surface area (Å²) in [6, 6.07) is 7.63. The Morgan fingerprint density at radius 1 is 1.35 bits per heavy atom. The van der Waals surface area contributed by atoms with Gasteiger partial charge in [-0.05, 0) is 29.9 Å². The number of piperidine rings is 1. The maximum Gasteiger partial charge on any atom is 0.279 e. The summed E-state index contributed by atoms with van der Waals surface area (Å²) in [6.45, 7) is 4.01. The lowest BCUT2D eigenvalue weighted by atomic mass is 10.0. The van der Waals surface area contributed by atoms with Gasteiger partial charge in [0.05, 0.1) is 0 Å². The van der Waals surface area contributed by atoms with Crippen molar-refractivity contribution in [1.82, 2.24) is 9.03 Å². The first-order chi connectivity index (χ1) is 9.53. The van der Waals surface area contributed by atoms with Crippen molar-refractivity contribution in [3.63, 3.8) is 0 Å². The molecule has 0 bridgehead atoms. The van der Waals surface area contributed by atoms with E-state index in [0.29, 0.717) is 32.1 Å². The molecule has 1 aliphatic rings. The van der Waals surface area contributed by atoms with Gasteiger partial charge in [0.2, 0.25) is 0 Å². The number of benzene rings is 1. The highest BCUT2D eigenvalue weighted by Crippen LogP contribution is 2.18. The minimum Gasteiger partial charge on any atom is -0.326 e. The van der Waals surface area contributed by atoms with E-state index in [0.717, 1.165) is 24.0 Å². The van der Waals surface area contributed by atoms with Crippen LogP contribution in [0.2, 0.25) is 0 Å². The van der Waals surface area contributed by atoms with Crippen LogP contribution in [0, 0.1) is 5.92 Å². The lowest BCUT2D eigenvalue weighted by Gasteiger charge is -2.30. The molecular formula is C14H23N3O2S. The van der Waals surface area contributed by atoms with Crippen molar-refractivity contribution < 1.29 is 8.42 Å². The van der Waals surface area contributed by atoms with Crippen LogP contribution in [0.4, 0.5) is 0 Å². The molecule has 0 spiro atoms. The predicted octanol–water partition coefficient (Wildman–Crippen LogP) is 1.21. The van der Waals surface area contributed by atoms with Crippen LogP contribution < -0.4 is 10.5 Å². The topological polar surface area (TPSA) is 75.4 Å². The van der Waals surface area contributed by atoms with E-state index in [9.17, 15) is 8.42 Å². The number of hydrogen-bond donors (Lipinski definition) is 2. The fourth-order valence-corrected chi connectivity index (χ4v) is 3.89. The molecule has 0 radical (unpaired) electrons. The Morgan fingerprint density at radius 3 is 2.70 bits per heavy atom. The molecule has 1 unspecified atom stereocenters. The van der Waals surface area contributed by atoms with Crippen LogP contribution in [0.3, 0.4) is 0 Å². The minimum absolute atomic E-state index is 0.292. The van der Waals surface area contributed by atoms with E-state index >= 15 is 0 Å². The monoisotopic (exact) mass is 297 g/mol. The van der Waals surface area contributed by atoms with E-state index in [1.54, 1.807) is 4.31 Å². The first kappa shape index (κ1) is 15.4. The molecule has 1 aromatic rings. The summed E-state index contributed by atoms with van der Waals surface area (Å²) in [5, 5.41) is 0. The SMILES string of the molecule is CC1CCCN(S(=O)(=O)NCc2ccccc2CN)C1. The van der Waals surface area contributed by atoms with Crippen molar-refractivity contribution in [2.24, 2.45) is 11.7 Å². The summed E-state index contributed by atoms with van der Waals surface area (Å²) in [5.74, 6) is 0.427. The van der Waals surface area contributed by atoms with E-state index in [2.05, 4.69) is 11.6 Å². The summed E-state index contributed by atoms with van der Waals surface area (Å²) >= 11 is 0. The van der Waals surface area contributed by atoms with Crippen LogP contribution in [-0.2, 0) is 23.3 Å². The zero-order chi connectivity index (χ0) is 14.6. The number of rotatable bonds is 5. The van der Waals surface area contributed by atoms with Crippen LogP contribution in [0.5, 0.6) is 0 Å². The quantitative estimate of drug-likeness (QED) is 0.858. The van der Waals surface area contributed by atoms with Gasteiger partial charge >= 0.3 is 0 Å². The highest BCUT2D eigenvalue weighted by Gasteiger charge is 2.26. The van der Waals surface area contributed by atoms with Gasteiger partial charge in [0.1, 0.15) is 0 Å². The Hall–Kier alpha value is -0.950. The smallest absolute Gasteiger partial charge is 0.279 e. The van der Waals surface area contributed by atoms with E-state index in [-0.39, 0.29) is 0 Å². The third-order valence-corrected chi connectivity index (χ3v) is 5.26. The Morgan fingerprint density at radius 2 is 2.05 bits per heavy atom. The number of hydrogen-bond acceptors (Lipinski definition) is 3. The molecule has 0 aromatic heterocycles. The van der Waals surface area contributed by atoms with Gasteiger partial charge in [0.25, 0.3) is 10.2 Å². The summed E-state index contributed by atoms with van der Waals surface area (Å²) in [5.41, 5.74) is 7.57. The van der Waals surface area contributed by atoms with Gasteiger partial charge in [-0.15, -0.1) is 0 Å². The Balaban J connectivity index is 2.02. The van der Waals surface area contributed by atoms with Gasteiger partial charge in [-0.1, -0.05) is 31.2 Å². The maximum absolute atomic E-state index is 12.3. The summed E-state index contributed by atoms with van der Waals surface area (Å²) in [7, 11) is -3.40. The normalized spacial score (nSPS) is 21.0. The number of nitrogens with two attached hydrogens (primary N) is 1. The minimum atomic E-state index is -3.40. The molecule has 1 aliphatic heterocycles. The molecule has 0 saturated carbocycles. The fourth-order valence-electron chi connectivity index (χ4n) is 2.55. The van der Waals surface area contributed by atoms with Crippen LogP contribution in [0.1, 0.15) is 30.9 Å². The first-order valence-electron chi connectivity index (χ1n) is 7.04. The van der Waals surface area contributed by atoms with E-state index < -0.39 is 10.2 Å². The molecule has 2 rings (SSSR count). The van der Waals surface area contributed by atoms with Crippen molar-refractivity contribution in [3.8, 4) is 0 Å². The highest BCUT2D eigenvalue weighted by atomic mass is 32.2. The molecule has 1 atom stereocenters. The lowest BCUT2D eigenvalue weighted by Crippen LogP contribution is -2.45. The van der Waals surface area contributed by atoms with Crippen LogP contribution in [-0.4, -0.2) is 25.8 Å². The summed E-state index contributed by atoms with van der Waals surface area (Å²) < 4.78 is 28.8. The third-order valence-electron chi connectivity index (χ3n) is 3.74. The van der Waals surface area contributed by atoms with Gasteiger partial charge in [-0.2, -0.15) is 17.4 Å². The van der Waals surface area contributed by atoms with E-state index in [4.69, 9.17) is 5.73 Å². The van der Waals surface area contributed by atoms with Crippen molar-refractivity contribution in [2.45, 2.75) is 32.9 Å². The van der Waals surface area contributed by atoms with Crippen molar-refractivity contribution in [3.05, 3.63) is 35.4 Å². The maximum atomic E-state index is 12.3. The molecular weight excluding hydrogens is 274 g/mol. The molecule has 1 aromatic carbocycles. The molecule has 112 valence electrons. The zero-order valence-electron chi connectivity index (χ0n) is 11.9. The molecule has 1 heterocycles. The second kappa shape index (κ2) is 6.67. The van der Waals surface area contributed by atoms with Crippen molar-refractivity contribution >= 4 is 10.2 Å². The molecule has 5 nitrogen and oxygen atoms in total. The molecule has 20 heavy (non-hydrogen) atoms. The third kappa shape index (κ3) is 3.79. The van der Waals surface area contributed by atoms with Gasteiger partial charge in [-0.25, -0.2) is 0 Å². The van der Waals surface area contributed by atoms with Crippen LogP contribution in [0.25, 0.3) is 0 Å². The Kier molecular flexibility index (Phi) is 5.15. The van der Waals surface area contributed by atoms with Gasteiger partial charge < -0.3 is 5.73 Å². The largest absolute Gasteiger partial charge is 0.326 e. The molecule has 6 heteroatoms. The first-order valence-corrected chi connectivity index (χ1v) is 8.48.